The lowest BCUT2D eigenvalue weighted by Gasteiger charge is -2.24. The molecule has 142 valence electrons. The van der Waals surface area contributed by atoms with Gasteiger partial charge in [-0.1, -0.05) is 54.6 Å². The molecule has 3 aromatic carbocycles. The minimum atomic E-state index is -3.59. The van der Waals surface area contributed by atoms with E-state index < -0.39 is 10.0 Å². The Balaban J connectivity index is 1.77. The summed E-state index contributed by atoms with van der Waals surface area (Å²) in [6.07, 6.45) is 0. The molecule has 5 nitrogen and oxygen atoms in total. The second kappa shape index (κ2) is 9.07. The van der Waals surface area contributed by atoms with Gasteiger partial charge >= 0.3 is 0 Å². The van der Waals surface area contributed by atoms with Gasteiger partial charge in [0.2, 0.25) is 10.0 Å². The minimum Gasteiger partial charge on any atom is -0.492 e. The molecule has 0 aromatic heterocycles. The van der Waals surface area contributed by atoms with E-state index in [1.165, 1.54) is 4.31 Å². The maximum absolute atomic E-state index is 13.1. The number of nitriles is 1. The van der Waals surface area contributed by atoms with Gasteiger partial charge in [0.05, 0.1) is 29.6 Å². The monoisotopic (exact) mass is 392 g/mol. The van der Waals surface area contributed by atoms with Crippen molar-refractivity contribution in [1.29, 1.82) is 5.26 Å². The predicted molar refractivity (Wildman–Crippen MR) is 110 cm³/mol. The van der Waals surface area contributed by atoms with E-state index in [1.807, 2.05) is 24.3 Å². The lowest BCUT2D eigenvalue weighted by molar-refractivity contribution is 0.328. The van der Waals surface area contributed by atoms with E-state index in [0.29, 0.717) is 17.0 Å². The first-order valence-electron chi connectivity index (χ1n) is 8.81. The van der Waals surface area contributed by atoms with Crippen molar-refractivity contribution < 1.29 is 13.2 Å². The van der Waals surface area contributed by atoms with Crippen molar-refractivity contribution in [1.82, 2.24) is 0 Å². The Bertz CT molecular complexity index is 1050. The van der Waals surface area contributed by atoms with Crippen LogP contribution >= 0.6 is 0 Å². The molecule has 3 rings (SSSR count). The normalized spacial score (nSPS) is 10.8. The van der Waals surface area contributed by atoms with Gasteiger partial charge in [0.15, 0.2) is 0 Å². The largest absolute Gasteiger partial charge is 0.492 e. The number of rotatable bonds is 8. The number of hydrogen-bond donors (Lipinski definition) is 0. The van der Waals surface area contributed by atoms with Crippen LogP contribution in [0, 0.1) is 11.3 Å². The highest BCUT2D eigenvalue weighted by molar-refractivity contribution is 7.92. The maximum atomic E-state index is 13.1. The molecule has 0 atom stereocenters. The third kappa shape index (κ3) is 5.12. The van der Waals surface area contributed by atoms with Crippen LogP contribution in [0.3, 0.4) is 0 Å². The molecular weight excluding hydrogens is 372 g/mol. The van der Waals surface area contributed by atoms with Crippen LogP contribution in [-0.4, -0.2) is 21.6 Å². The number of anilines is 1. The van der Waals surface area contributed by atoms with E-state index in [0.717, 1.165) is 5.56 Å². The second-order valence-corrected chi connectivity index (χ2v) is 8.03. The molecular formula is C22H20N2O3S. The van der Waals surface area contributed by atoms with Crippen LogP contribution in [0.5, 0.6) is 5.75 Å². The number of ether oxygens (including phenoxy) is 1. The number of hydrogen-bond acceptors (Lipinski definition) is 4. The van der Waals surface area contributed by atoms with Crippen molar-refractivity contribution in [3.05, 3.63) is 96.1 Å². The summed E-state index contributed by atoms with van der Waals surface area (Å²) in [5.74, 6) is 0.444. The summed E-state index contributed by atoms with van der Waals surface area (Å²) in [5, 5.41) is 8.98. The van der Waals surface area contributed by atoms with E-state index in [1.54, 1.807) is 60.7 Å². The molecule has 28 heavy (non-hydrogen) atoms. The van der Waals surface area contributed by atoms with Crippen LogP contribution in [-0.2, 0) is 15.8 Å². The van der Waals surface area contributed by atoms with Gasteiger partial charge in [0.1, 0.15) is 12.4 Å². The van der Waals surface area contributed by atoms with Gasteiger partial charge < -0.3 is 4.74 Å². The molecule has 0 fully saturated rings. The molecule has 0 aliphatic carbocycles. The van der Waals surface area contributed by atoms with Gasteiger partial charge in [-0.3, -0.25) is 4.31 Å². The summed E-state index contributed by atoms with van der Waals surface area (Å²) in [7, 11) is -3.59. The molecule has 0 radical (unpaired) electrons. The molecule has 0 amide bonds. The van der Waals surface area contributed by atoms with Crippen LogP contribution in [0.25, 0.3) is 0 Å². The van der Waals surface area contributed by atoms with Gasteiger partial charge in [0.25, 0.3) is 0 Å². The first kappa shape index (κ1) is 19.5. The zero-order valence-corrected chi connectivity index (χ0v) is 16.0. The minimum absolute atomic E-state index is 0.0906. The Kier molecular flexibility index (Phi) is 6.30. The van der Waals surface area contributed by atoms with Crippen molar-refractivity contribution in [2.45, 2.75) is 5.75 Å². The van der Waals surface area contributed by atoms with Crippen molar-refractivity contribution in [2.75, 3.05) is 17.5 Å². The molecule has 0 spiro atoms. The van der Waals surface area contributed by atoms with Gasteiger partial charge in [-0.25, -0.2) is 8.42 Å². The SMILES string of the molecule is N#Cc1cccc(OCCN(c2ccccc2)S(=O)(=O)Cc2ccccc2)c1. The van der Waals surface area contributed by atoms with Crippen LogP contribution in [0.4, 0.5) is 5.69 Å². The summed E-state index contributed by atoms with van der Waals surface area (Å²) in [5.41, 5.74) is 1.81. The zero-order chi connectivity index (χ0) is 19.8. The van der Waals surface area contributed by atoms with Crippen LogP contribution < -0.4 is 9.04 Å². The number of benzene rings is 3. The third-order valence-electron chi connectivity index (χ3n) is 4.10. The smallest absolute Gasteiger partial charge is 0.239 e. The number of sulfonamides is 1. The maximum Gasteiger partial charge on any atom is 0.239 e. The average molecular weight is 392 g/mol. The Hall–Kier alpha value is -3.30. The fourth-order valence-electron chi connectivity index (χ4n) is 2.79. The number of para-hydroxylation sites is 1. The third-order valence-corrected chi connectivity index (χ3v) is 5.86. The van der Waals surface area contributed by atoms with E-state index in [4.69, 9.17) is 10.00 Å². The van der Waals surface area contributed by atoms with E-state index in [9.17, 15) is 8.42 Å². The standard InChI is InChI=1S/C22H20N2O3S/c23-17-20-10-7-13-22(16-20)27-15-14-24(21-11-5-2-6-12-21)28(25,26)18-19-8-3-1-4-9-19/h1-13,16H,14-15,18H2. The molecule has 0 N–H and O–H groups in total. The number of nitrogens with zero attached hydrogens (tertiary/aromatic N) is 2. The van der Waals surface area contributed by atoms with Gasteiger partial charge in [-0.05, 0) is 35.9 Å². The average Bonchev–Trinajstić information content (AvgIpc) is 2.72. The van der Waals surface area contributed by atoms with Crippen molar-refractivity contribution in [3.8, 4) is 11.8 Å². The Morgan fingerprint density at radius 2 is 1.57 bits per heavy atom. The molecule has 0 aliphatic heterocycles. The quantitative estimate of drug-likeness (QED) is 0.581. The first-order chi connectivity index (χ1) is 13.6. The van der Waals surface area contributed by atoms with Gasteiger partial charge in [0, 0.05) is 0 Å². The fraction of sp³-hybridized carbons (Fsp3) is 0.136. The summed E-state index contributed by atoms with van der Waals surface area (Å²) < 4.78 is 33.2. The zero-order valence-electron chi connectivity index (χ0n) is 15.2. The van der Waals surface area contributed by atoms with Gasteiger partial charge in [-0.2, -0.15) is 5.26 Å². The van der Waals surface area contributed by atoms with Crippen LogP contribution in [0.1, 0.15) is 11.1 Å². The molecule has 0 unspecified atom stereocenters. The van der Waals surface area contributed by atoms with Crippen LogP contribution in [0.2, 0.25) is 0 Å². The Labute approximate surface area is 165 Å². The summed E-state index contributed by atoms with van der Waals surface area (Å²) in [6, 6.07) is 26.9. The van der Waals surface area contributed by atoms with Crippen LogP contribution in [0.15, 0.2) is 84.9 Å². The fourth-order valence-corrected chi connectivity index (χ4v) is 4.35. The lowest BCUT2D eigenvalue weighted by atomic mass is 10.2. The van der Waals surface area contributed by atoms with Gasteiger partial charge in [-0.15, -0.1) is 0 Å². The highest BCUT2D eigenvalue weighted by Gasteiger charge is 2.23. The highest BCUT2D eigenvalue weighted by Crippen LogP contribution is 2.21. The second-order valence-electron chi connectivity index (χ2n) is 6.14. The van der Waals surface area contributed by atoms with E-state index in [2.05, 4.69) is 6.07 Å². The molecule has 0 bridgehead atoms. The lowest BCUT2D eigenvalue weighted by Crippen LogP contribution is -2.35. The summed E-state index contributed by atoms with van der Waals surface area (Å²) in [6.45, 7) is 0.327. The molecule has 0 aliphatic rings. The predicted octanol–water partition coefficient (Wildman–Crippen LogP) is 3.97. The van der Waals surface area contributed by atoms with E-state index >= 15 is 0 Å². The highest BCUT2D eigenvalue weighted by atomic mass is 32.2. The van der Waals surface area contributed by atoms with E-state index in [-0.39, 0.29) is 18.9 Å². The summed E-state index contributed by atoms with van der Waals surface area (Å²) >= 11 is 0. The molecule has 0 heterocycles. The molecule has 3 aromatic rings. The topological polar surface area (TPSA) is 70.4 Å². The van der Waals surface area contributed by atoms with Crippen molar-refractivity contribution in [3.63, 3.8) is 0 Å². The first-order valence-corrected chi connectivity index (χ1v) is 10.4. The van der Waals surface area contributed by atoms with Crippen molar-refractivity contribution >= 4 is 15.7 Å². The summed E-state index contributed by atoms with van der Waals surface area (Å²) in [4.78, 5) is 0. The molecule has 0 saturated carbocycles. The molecule has 0 saturated heterocycles. The Morgan fingerprint density at radius 1 is 0.893 bits per heavy atom. The molecule has 6 heteroatoms. The van der Waals surface area contributed by atoms with Crippen molar-refractivity contribution in [2.24, 2.45) is 0 Å². The Morgan fingerprint density at radius 3 is 2.25 bits per heavy atom.